The van der Waals surface area contributed by atoms with Crippen molar-refractivity contribution in [2.24, 2.45) is 5.10 Å². The van der Waals surface area contributed by atoms with Gasteiger partial charge >= 0.3 is 0 Å². The molecule has 0 saturated heterocycles. The fraction of sp³-hybridized carbons (Fsp3) is 0.174. The second kappa shape index (κ2) is 8.61. The summed E-state index contributed by atoms with van der Waals surface area (Å²) >= 11 is 1.52. The molecule has 2 aromatic carbocycles. The molecule has 0 amide bonds. The maximum absolute atomic E-state index is 13.2. The predicted octanol–water partition coefficient (Wildman–Crippen LogP) is 3.74. The third-order valence-corrected chi connectivity index (χ3v) is 5.95. The molecule has 4 rings (SSSR count). The van der Waals surface area contributed by atoms with Gasteiger partial charge in [0.05, 0.1) is 18.2 Å². The second-order valence-electron chi connectivity index (χ2n) is 6.95. The van der Waals surface area contributed by atoms with Gasteiger partial charge in [-0.25, -0.2) is 4.98 Å². The van der Waals surface area contributed by atoms with Crippen molar-refractivity contribution in [1.82, 2.24) is 9.66 Å². The Labute approximate surface area is 178 Å². The van der Waals surface area contributed by atoms with Crippen LogP contribution < -0.4 is 10.5 Å². The van der Waals surface area contributed by atoms with Crippen molar-refractivity contribution in [3.05, 3.63) is 81.7 Å². The van der Waals surface area contributed by atoms with Gasteiger partial charge in [-0.05, 0) is 30.2 Å². The van der Waals surface area contributed by atoms with E-state index >= 15 is 0 Å². The van der Waals surface area contributed by atoms with Gasteiger partial charge in [-0.15, -0.1) is 11.3 Å². The number of nitrogens with zero attached hydrogens (tertiary/aromatic N) is 4. The summed E-state index contributed by atoms with van der Waals surface area (Å²) in [5.74, 6) is 0. The molecule has 1 N–H and O–H groups in total. The molecule has 0 radical (unpaired) electrons. The Morgan fingerprint density at radius 2 is 1.90 bits per heavy atom. The summed E-state index contributed by atoms with van der Waals surface area (Å²) in [7, 11) is 1.92. The standard InChI is InChI=1S/C23H22N4O2S/c1-16-20(18-6-4-3-5-7-18)21-22(30-16)24-15-27(23(21)29)25-14-17-8-10-19(11-9-17)26(2)12-13-28/h3-11,14-15,28H,12-13H2,1-2H3/b25-14-. The summed E-state index contributed by atoms with van der Waals surface area (Å²) in [5.41, 5.74) is 3.62. The largest absolute Gasteiger partial charge is 0.395 e. The van der Waals surface area contributed by atoms with Crippen molar-refractivity contribution in [3.8, 4) is 11.1 Å². The van der Waals surface area contributed by atoms with E-state index in [1.54, 1.807) is 6.21 Å². The third-order valence-electron chi connectivity index (χ3n) is 4.93. The van der Waals surface area contributed by atoms with Crippen molar-refractivity contribution in [1.29, 1.82) is 0 Å². The number of rotatable bonds is 6. The molecule has 0 bridgehead atoms. The highest BCUT2D eigenvalue weighted by atomic mass is 32.1. The van der Waals surface area contributed by atoms with E-state index in [9.17, 15) is 4.79 Å². The zero-order chi connectivity index (χ0) is 21.1. The highest BCUT2D eigenvalue weighted by molar-refractivity contribution is 7.19. The Morgan fingerprint density at radius 1 is 1.17 bits per heavy atom. The fourth-order valence-corrected chi connectivity index (χ4v) is 4.35. The molecule has 0 aliphatic carbocycles. The first-order chi connectivity index (χ1) is 14.6. The minimum atomic E-state index is -0.182. The number of aromatic nitrogens is 2. The molecule has 0 fully saturated rings. The van der Waals surface area contributed by atoms with Crippen LogP contribution in [0.25, 0.3) is 21.3 Å². The number of anilines is 1. The summed E-state index contributed by atoms with van der Waals surface area (Å²) in [4.78, 5) is 21.4. The number of hydrogen-bond donors (Lipinski definition) is 1. The molecular weight excluding hydrogens is 396 g/mol. The van der Waals surface area contributed by atoms with E-state index in [2.05, 4.69) is 10.1 Å². The smallest absolute Gasteiger partial charge is 0.283 e. The van der Waals surface area contributed by atoms with E-state index in [0.717, 1.165) is 32.1 Å². The molecule has 7 heteroatoms. The van der Waals surface area contributed by atoms with Crippen LogP contribution in [0, 0.1) is 6.92 Å². The van der Waals surface area contributed by atoms with Crippen LogP contribution in [0.15, 0.2) is 70.8 Å². The van der Waals surface area contributed by atoms with Gasteiger partial charge in [0.15, 0.2) is 0 Å². The first-order valence-electron chi connectivity index (χ1n) is 9.61. The van der Waals surface area contributed by atoms with Gasteiger partial charge in [0.2, 0.25) is 0 Å². The Morgan fingerprint density at radius 3 is 2.60 bits per heavy atom. The number of benzene rings is 2. The molecule has 30 heavy (non-hydrogen) atoms. The molecule has 4 aromatic rings. The van der Waals surface area contributed by atoms with Crippen LogP contribution in [0.2, 0.25) is 0 Å². The lowest BCUT2D eigenvalue weighted by molar-refractivity contribution is 0.304. The van der Waals surface area contributed by atoms with E-state index in [0.29, 0.717) is 11.9 Å². The molecule has 152 valence electrons. The number of fused-ring (bicyclic) bond motifs is 1. The first kappa shape index (κ1) is 20.0. The van der Waals surface area contributed by atoms with Gasteiger partial charge < -0.3 is 10.0 Å². The van der Waals surface area contributed by atoms with E-state index in [-0.39, 0.29) is 12.2 Å². The van der Waals surface area contributed by atoms with Crippen molar-refractivity contribution in [3.63, 3.8) is 0 Å². The summed E-state index contributed by atoms with van der Waals surface area (Å²) in [6, 6.07) is 17.7. The topological polar surface area (TPSA) is 70.7 Å². The number of aryl methyl sites for hydroxylation is 1. The number of hydrogen-bond acceptors (Lipinski definition) is 6. The zero-order valence-corrected chi connectivity index (χ0v) is 17.6. The summed E-state index contributed by atoms with van der Waals surface area (Å²) in [6.07, 6.45) is 3.11. The Hall–Kier alpha value is -3.29. The lowest BCUT2D eigenvalue weighted by atomic mass is 10.0. The maximum atomic E-state index is 13.2. The number of thiophene rings is 1. The van der Waals surface area contributed by atoms with Crippen LogP contribution >= 0.6 is 11.3 Å². The van der Waals surface area contributed by atoms with Gasteiger partial charge in [0, 0.05) is 29.7 Å². The van der Waals surface area contributed by atoms with E-state index in [1.807, 2.05) is 73.5 Å². The van der Waals surface area contributed by atoms with Crippen LogP contribution in [0.5, 0.6) is 0 Å². The molecule has 0 aliphatic heterocycles. The summed E-state index contributed by atoms with van der Waals surface area (Å²) in [6.45, 7) is 2.68. The lowest BCUT2D eigenvalue weighted by Gasteiger charge is -2.17. The van der Waals surface area contributed by atoms with Gasteiger partial charge in [0.25, 0.3) is 5.56 Å². The fourth-order valence-electron chi connectivity index (χ4n) is 3.35. The minimum Gasteiger partial charge on any atom is -0.395 e. The Bertz CT molecular complexity index is 1240. The average molecular weight is 419 g/mol. The molecule has 2 heterocycles. The molecule has 6 nitrogen and oxygen atoms in total. The van der Waals surface area contributed by atoms with Gasteiger partial charge in [0.1, 0.15) is 11.2 Å². The van der Waals surface area contributed by atoms with Gasteiger partial charge in [-0.1, -0.05) is 42.5 Å². The number of aliphatic hydroxyl groups is 1. The van der Waals surface area contributed by atoms with Crippen LogP contribution in [0.3, 0.4) is 0 Å². The van der Waals surface area contributed by atoms with Crippen LogP contribution in [-0.4, -0.2) is 41.2 Å². The normalized spacial score (nSPS) is 11.4. The third kappa shape index (κ3) is 3.90. The Balaban J connectivity index is 1.69. The zero-order valence-electron chi connectivity index (χ0n) is 16.8. The number of aliphatic hydroxyl groups excluding tert-OH is 1. The molecular formula is C23H22N4O2S. The SMILES string of the molecule is Cc1sc2ncn(/N=C\c3ccc(N(C)CCO)cc3)c(=O)c2c1-c1ccccc1. The molecule has 0 saturated carbocycles. The molecule has 0 aliphatic rings. The van der Waals surface area contributed by atoms with Crippen LogP contribution in [0.1, 0.15) is 10.4 Å². The van der Waals surface area contributed by atoms with E-state index in [1.165, 1.54) is 22.3 Å². The molecule has 0 atom stereocenters. The average Bonchev–Trinajstić information content (AvgIpc) is 3.11. The summed E-state index contributed by atoms with van der Waals surface area (Å²) in [5, 5.41) is 14.0. The highest BCUT2D eigenvalue weighted by Crippen LogP contribution is 2.35. The van der Waals surface area contributed by atoms with Crippen molar-refractivity contribution >= 4 is 33.5 Å². The van der Waals surface area contributed by atoms with Gasteiger partial charge in [-0.3, -0.25) is 4.79 Å². The minimum absolute atomic E-state index is 0.102. The molecule has 0 unspecified atom stereocenters. The monoisotopic (exact) mass is 418 g/mol. The van der Waals surface area contributed by atoms with Crippen molar-refractivity contribution in [2.45, 2.75) is 6.92 Å². The lowest BCUT2D eigenvalue weighted by Crippen LogP contribution is -2.20. The van der Waals surface area contributed by atoms with Crippen LogP contribution in [-0.2, 0) is 0 Å². The summed E-state index contributed by atoms with van der Waals surface area (Å²) < 4.78 is 1.28. The van der Waals surface area contributed by atoms with Crippen molar-refractivity contribution < 1.29 is 5.11 Å². The van der Waals surface area contributed by atoms with E-state index in [4.69, 9.17) is 5.11 Å². The second-order valence-corrected chi connectivity index (χ2v) is 8.16. The van der Waals surface area contributed by atoms with Crippen molar-refractivity contribution in [2.75, 3.05) is 25.1 Å². The predicted molar refractivity (Wildman–Crippen MR) is 124 cm³/mol. The molecule has 2 aromatic heterocycles. The quantitative estimate of drug-likeness (QED) is 0.484. The highest BCUT2D eigenvalue weighted by Gasteiger charge is 2.16. The molecule has 0 spiro atoms. The first-order valence-corrected chi connectivity index (χ1v) is 10.4. The van der Waals surface area contributed by atoms with Gasteiger partial charge in [-0.2, -0.15) is 9.78 Å². The Kier molecular flexibility index (Phi) is 5.74. The maximum Gasteiger partial charge on any atom is 0.283 e. The number of likely N-dealkylation sites (N-methyl/N-ethyl adjacent to an activating group) is 1. The van der Waals surface area contributed by atoms with E-state index < -0.39 is 0 Å². The van der Waals surface area contributed by atoms with Crippen LogP contribution in [0.4, 0.5) is 5.69 Å².